The number of carbonyl (C=O) groups excluding carboxylic acids is 2. The topological polar surface area (TPSA) is 139 Å². The van der Waals surface area contributed by atoms with Crippen LogP contribution in [-0.2, 0) is 26.0 Å². The van der Waals surface area contributed by atoms with Crippen molar-refractivity contribution in [2.24, 2.45) is 5.92 Å². The van der Waals surface area contributed by atoms with Crippen LogP contribution in [-0.4, -0.2) is 44.6 Å². The van der Waals surface area contributed by atoms with Crippen LogP contribution in [0.4, 0.5) is 5.69 Å². The molecule has 2 N–H and O–H groups in total. The Morgan fingerprint density at radius 1 is 1.12 bits per heavy atom. The number of sulfone groups is 1. The Balaban J connectivity index is 2.29. The molecule has 2 aromatic rings. The molecular formula is C22H27N3O7S. The lowest BCUT2D eigenvalue weighted by Gasteiger charge is -2.27. The molecule has 0 aliphatic heterocycles. The minimum atomic E-state index is -3.56. The molecule has 33 heavy (non-hydrogen) atoms. The summed E-state index contributed by atoms with van der Waals surface area (Å²) < 4.78 is 27.7. The maximum Gasteiger partial charge on any atom is 0.271 e. The van der Waals surface area contributed by atoms with Crippen LogP contribution in [0.3, 0.4) is 0 Å². The van der Waals surface area contributed by atoms with Crippen molar-refractivity contribution in [1.29, 1.82) is 0 Å². The second kappa shape index (κ2) is 10.9. The molecule has 2 amide bonds. The third-order valence-electron chi connectivity index (χ3n) is 4.57. The zero-order valence-electron chi connectivity index (χ0n) is 18.8. The summed E-state index contributed by atoms with van der Waals surface area (Å²) in [5.41, 5.74) is 1.52. The SMILES string of the molecule is COc1c(N[C@@H](CC(C)C)C(=O)NN(Cc2ccccc2)C(=O)/C=C/S(C)(=O)=O)c(=O)c1=O. The zero-order valence-corrected chi connectivity index (χ0v) is 19.6. The van der Waals surface area contributed by atoms with Crippen LogP contribution in [0, 0.1) is 5.92 Å². The number of ether oxygens (including phenoxy) is 1. The Labute approximate surface area is 191 Å². The van der Waals surface area contributed by atoms with E-state index in [-0.39, 0.29) is 30.3 Å². The minimum absolute atomic E-state index is 0.0223. The van der Waals surface area contributed by atoms with Crippen molar-refractivity contribution in [1.82, 2.24) is 10.4 Å². The van der Waals surface area contributed by atoms with Gasteiger partial charge in [0.2, 0.25) is 0 Å². The summed E-state index contributed by atoms with van der Waals surface area (Å²) in [4.78, 5) is 49.3. The summed E-state index contributed by atoms with van der Waals surface area (Å²) in [5, 5.41) is 4.48. The average Bonchev–Trinajstić information content (AvgIpc) is 2.75. The monoisotopic (exact) mass is 477 g/mol. The van der Waals surface area contributed by atoms with E-state index in [4.69, 9.17) is 4.74 Å². The van der Waals surface area contributed by atoms with E-state index < -0.39 is 38.6 Å². The predicted molar refractivity (Wildman–Crippen MR) is 124 cm³/mol. The third kappa shape index (κ3) is 7.28. The van der Waals surface area contributed by atoms with E-state index >= 15 is 0 Å². The number of rotatable bonds is 10. The Hall–Kier alpha value is -3.47. The number of nitrogens with one attached hydrogen (secondary N) is 2. The van der Waals surface area contributed by atoms with Gasteiger partial charge >= 0.3 is 0 Å². The zero-order chi connectivity index (χ0) is 24.8. The molecule has 0 aliphatic rings. The molecule has 0 radical (unpaired) electrons. The lowest BCUT2D eigenvalue weighted by molar-refractivity contribution is -0.139. The van der Waals surface area contributed by atoms with Gasteiger partial charge in [-0.3, -0.25) is 24.6 Å². The minimum Gasteiger partial charge on any atom is -0.491 e. The molecule has 0 saturated carbocycles. The van der Waals surface area contributed by atoms with Crippen LogP contribution in [0.25, 0.3) is 0 Å². The van der Waals surface area contributed by atoms with Gasteiger partial charge in [-0.25, -0.2) is 13.4 Å². The molecule has 0 aromatic heterocycles. The van der Waals surface area contributed by atoms with Gasteiger partial charge in [-0.1, -0.05) is 44.2 Å². The highest BCUT2D eigenvalue weighted by Crippen LogP contribution is 2.20. The van der Waals surface area contributed by atoms with Crippen LogP contribution in [0.1, 0.15) is 25.8 Å². The fourth-order valence-corrected chi connectivity index (χ4v) is 3.36. The standard InChI is InChI=1S/C22H27N3O7S/c1-14(2)12-16(23-18-19(27)20(28)21(18)32-3)22(29)24-25(13-15-8-6-5-7-9-15)17(26)10-11-33(4,30)31/h5-11,14,16,23H,12-13H2,1-4H3,(H,24,29)/b11-10+/t16-/m0/s1. The molecule has 11 heteroatoms. The summed E-state index contributed by atoms with van der Waals surface area (Å²) in [6, 6.07) is 7.82. The number of hydrogen-bond acceptors (Lipinski definition) is 8. The molecule has 0 bridgehead atoms. The van der Waals surface area contributed by atoms with E-state index in [9.17, 15) is 27.6 Å². The van der Waals surface area contributed by atoms with Gasteiger partial charge in [0, 0.05) is 17.7 Å². The quantitative estimate of drug-likeness (QED) is 0.290. The van der Waals surface area contributed by atoms with Crippen molar-refractivity contribution in [3.05, 3.63) is 67.8 Å². The van der Waals surface area contributed by atoms with Crippen LogP contribution < -0.4 is 26.3 Å². The first-order valence-electron chi connectivity index (χ1n) is 10.1. The molecule has 2 rings (SSSR count). The number of nitrogens with zero attached hydrogens (tertiary/aromatic N) is 1. The number of benzene rings is 1. The second-order valence-electron chi connectivity index (χ2n) is 7.91. The number of hydrogen-bond donors (Lipinski definition) is 2. The van der Waals surface area contributed by atoms with Gasteiger partial charge in [-0.15, -0.1) is 0 Å². The van der Waals surface area contributed by atoms with Crippen LogP contribution >= 0.6 is 0 Å². The highest BCUT2D eigenvalue weighted by atomic mass is 32.2. The Kier molecular flexibility index (Phi) is 8.52. The number of methoxy groups -OCH3 is 1. The van der Waals surface area contributed by atoms with Crippen molar-refractivity contribution in [3.63, 3.8) is 0 Å². The van der Waals surface area contributed by atoms with Gasteiger partial charge in [-0.05, 0) is 17.9 Å². The molecule has 2 aromatic carbocycles. The first-order chi connectivity index (χ1) is 15.4. The largest absolute Gasteiger partial charge is 0.491 e. The summed E-state index contributed by atoms with van der Waals surface area (Å²) in [7, 11) is -2.32. The van der Waals surface area contributed by atoms with E-state index in [0.29, 0.717) is 5.56 Å². The highest BCUT2D eigenvalue weighted by Gasteiger charge is 2.29. The molecule has 0 unspecified atom stereocenters. The summed E-state index contributed by atoms with van der Waals surface area (Å²) in [5.74, 6) is -1.53. The summed E-state index contributed by atoms with van der Waals surface area (Å²) >= 11 is 0. The molecule has 0 heterocycles. The van der Waals surface area contributed by atoms with Crippen LogP contribution in [0.15, 0.2) is 51.4 Å². The van der Waals surface area contributed by atoms with Crippen molar-refractivity contribution in [2.45, 2.75) is 32.9 Å². The maximum absolute atomic E-state index is 13.1. The van der Waals surface area contributed by atoms with E-state index in [1.54, 1.807) is 30.3 Å². The molecule has 1 atom stereocenters. The van der Waals surface area contributed by atoms with Gasteiger partial charge in [0.05, 0.1) is 13.7 Å². The number of anilines is 1. The molecule has 0 aliphatic carbocycles. The lowest BCUT2D eigenvalue weighted by atomic mass is 10.0. The van der Waals surface area contributed by atoms with E-state index in [0.717, 1.165) is 22.7 Å². The van der Waals surface area contributed by atoms with Crippen molar-refractivity contribution >= 4 is 27.3 Å². The molecule has 0 fully saturated rings. The fourth-order valence-electron chi connectivity index (χ4n) is 3.00. The summed E-state index contributed by atoms with van der Waals surface area (Å²) in [6.07, 6.45) is 2.07. The van der Waals surface area contributed by atoms with Crippen molar-refractivity contribution in [3.8, 4) is 5.75 Å². The van der Waals surface area contributed by atoms with Crippen LogP contribution in [0.2, 0.25) is 0 Å². The Morgan fingerprint density at radius 2 is 1.76 bits per heavy atom. The Morgan fingerprint density at radius 3 is 2.30 bits per heavy atom. The third-order valence-corrected chi connectivity index (χ3v) is 5.20. The first kappa shape index (κ1) is 25.8. The summed E-state index contributed by atoms with van der Waals surface area (Å²) in [6.45, 7) is 3.70. The first-order valence-corrected chi connectivity index (χ1v) is 12.1. The van der Waals surface area contributed by atoms with E-state index in [1.807, 2.05) is 13.8 Å². The Bertz CT molecular complexity index is 1200. The van der Waals surface area contributed by atoms with Crippen LogP contribution in [0.5, 0.6) is 5.75 Å². The van der Waals surface area contributed by atoms with E-state index in [1.165, 1.54) is 7.11 Å². The number of amides is 2. The maximum atomic E-state index is 13.1. The van der Waals surface area contributed by atoms with Gasteiger partial charge < -0.3 is 10.1 Å². The van der Waals surface area contributed by atoms with Gasteiger partial charge in [0.1, 0.15) is 11.7 Å². The smallest absolute Gasteiger partial charge is 0.271 e. The molecule has 0 spiro atoms. The second-order valence-corrected chi connectivity index (χ2v) is 9.84. The molecule has 10 nitrogen and oxygen atoms in total. The molecule has 0 saturated heterocycles. The van der Waals surface area contributed by atoms with Crippen molar-refractivity contribution in [2.75, 3.05) is 18.7 Å². The van der Waals surface area contributed by atoms with Gasteiger partial charge in [0.15, 0.2) is 15.6 Å². The lowest BCUT2D eigenvalue weighted by Crippen LogP contribution is -2.52. The number of carbonyl (C=O) groups is 2. The number of hydrazine groups is 1. The predicted octanol–water partition coefficient (Wildman–Crippen LogP) is 0.736. The van der Waals surface area contributed by atoms with Gasteiger partial charge in [0.25, 0.3) is 22.7 Å². The molecular weight excluding hydrogens is 450 g/mol. The highest BCUT2D eigenvalue weighted by molar-refractivity contribution is 7.93. The van der Waals surface area contributed by atoms with E-state index in [2.05, 4.69) is 10.7 Å². The molecule has 178 valence electrons. The fraction of sp³-hybridized carbons (Fsp3) is 0.364. The van der Waals surface area contributed by atoms with Gasteiger partial charge in [-0.2, -0.15) is 0 Å². The normalized spacial score (nSPS) is 12.6. The average molecular weight is 478 g/mol. The van der Waals surface area contributed by atoms with Crippen molar-refractivity contribution < 1.29 is 22.7 Å².